The predicted octanol–water partition coefficient (Wildman–Crippen LogP) is 2.60. The summed E-state index contributed by atoms with van der Waals surface area (Å²) in [6.45, 7) is 4.34. The molecule has 0 saturated carbocycles. The SMILES string of the molecule is CCC1N=C(C=O)C(NC2=CCC(N3CCCC3)C=C2)=NC1OC1C=C(N=NN)C=CC1. The van der Waals surface area contributed by atoms with Gasteiger partial charge < -0.3 is 15.9 Å². The van der Waals surface area contributed by atoms with Gasteiger partial charge in [-0.1, -0.05) is 30.4 Å². The third-order valence-corrected chi connectivity index (χ3v) is 6.11. The van der Waals surface area contributed by atoms with Gasteiger partial charge in [-0.25, -0.2) is 4.99 Å². The van der Waals surface area contributed by atoms with Crippen molar-refractivity contribution < 1.29 is 9.53 Å². The maximum atomic E-state index is 11.7. The monoisotopic (exact) mass is 437 g/mol. The van der Waals surface area contributed by atoms with E-state index in [0.29, 0.717) is 36.1 Å². The number of allylic oxidation sites excluding steroid dienone is 2. The lowest BCUT2D eigenvalue weighted by Gasteiger charge is -2.30. The number of carbonyl (C=O) groups is 1. The lowest BCUT2D eigenvalue weighted by atomic mass is 10.1. The first kappa shape index (κ1) is 22.3. The number of hydrogen-bond donors (Lipinski definition) is 2. The molecular weight excluding hydrogens is 406 g/mol. The third-order valence-electron chi connectivity index (χ3n) is 6.11. The fraction of sp³-hybridized carbons (Fsp3) is 0.522. The van der Waals surface area contributed by atoms with Gasteiger partial charge in [0, 0.05) is 11.7 Å². The molecule has 170 valence electrons. The van der Waals surface area contributed by atoms with Crippen LogP contribution in [0.4, 0.5) is 0 Å². The fourth-order valence-electron chi connectivity index (χ4n) is 4.41. The number of nitrogens with zero attached hydrogens (tertiary/aromatic N) is 5. The van der Waals surface area contributed by atoms with E-state index >= 15 is 0 Å². The van der Waals surface area contributed by atoms with Gasteiger partial charge in [-0.05, 0) is 63.4 Å². The van der Waals surface area contributed by atoms with Crippen LogP contribution in [0.25, 0.3) is 0 Å². The Morgan fingerprint density at radius 2 is 2.12 bits per heavy atom. The van der Waals surface area contributed by atoms with Gasteiger partial charge >= 0.3 is 0 Å². The fourth-order valence-corrected chi connectivity index (χ4v) is 4.41. The van der Waals surface area contributed by atoms with E-state index in [1.165, 1.54) is 12.8 Å². The van der Waals surface area contributed by atoms with Crippen LogP contribution in [0.15, 0.2) is 68.2 Å². The van der Waals surface area contributed by atoms with E-state index in [1.807, 2.05) is 25.2 Å². The first-order chi connectivity index (χ1) is 15.7. The smallest absolute Gasteiger partial charge is 0.173 e. The van der Waals surface area contributed by atoms with E-state index in [0.717, 1.165) is 31.5 Å². The molecule has 4 aliphatic rings. The molecule has 0 spiro atoms. The molecule has 0 aromatic heterocycles. The Labute approximate surface area is 188 Å². The molecular formula is C23H31N7O2. The summed E-state index contributed by atoms with van der Waals surface area (Å²) >= 11 is 0. The van der Waals surface area contributed by atoms with Crippen molar-refractivity contribution in [3.05, 3.63) is 47.9 Å². The van der Waals surface area contributed by atoms with Crippen LogP contribution >= 0.6 is 0 Å². The number of carbonyl (C=O) groups excluding carboxylic acids is 1. The van der Waals surface area contributed by atoms with E-state index in [4.69, 9.17) is 15.6 Å². The van der Waals surface area contributed by atoms with Gasteiger partial charge in [0.2, 0.25) is 0 Å². The van der Waals surface area contributed by atoms with Gasteiger partial charge in [-0.2, -0.15) is 0 Å². The Kier molecular flexibility index (Phi) is 7.39. The maximum absolute atomic E-state index is 11.7. The predicted molar refractivity (Wildman–Crippen MR) is 124 cm³/mol. The molecule has 0 aromatic carbocycles. The second kappa shape index (κ2) is 10.6. The van der Waals surface area contributed by atoms with Crippen LogP contribution in [-0.4, -0.2) is 60.2 Å². The average Bonchev–Trinajstić information content (AvgIpc) is 3.35. The molecule has 9 heteroatoms. The lowest BCUT2D eigenvalue weighted by Crippen LogP contribution is -2.43. The molecule has 0 amide bonds. The van der Waals surface area contributed by atoms with Gasteiger partial charge in [0.15, 0.2) is 18.3 Å². The molecule has 1 saturated heterocycles. The number of nitrogens with one attached hydrogen (secondary N) is 1. The molecule has 0 bridgehead atoms. The van der Waals surface area contributed by atoms with Crippen LogP contribution in [-0.2, 0) is 9.53 Å². The number of aliphatic imine (C=N–C) groups is 2. The second-order valence-electron chi connectivity index (χ2n) is 8.29. The van der Waals surface area contributed by atoms with Gasteiger partial charge in [0.1, 0.15) is 5.71 Å². The standard InChI is InChI=1S/C23H31N7O2/c1-2-20-23(32-19-7-5-6-17(14-19)28-29-24)27-22(21(15-31)26-20)25-16-8-10-18(11-9-16)30-12-3-4-13-30/h5-6,8-10,14-15,18-20,23H,2-4,7,11-13H2,1H3,(H2,24,28)(H,25,27). The molecule has 4 rings (SSSR count). The summed E-state index contributed by atoms with van der Waals surface area (Å²) in [5.41, 5.74) is 1.90. The first-order valence-corrected chi connectivity index (χ1v) is 11.4. The van der Waals surface area contributed by atoms with E-state index in [9.17, 15) is 4.79 Å². The summed E-state index contributed by atoms with van der Waals surface area (Å²) in [5.74, 6) is 5.61. The van der Waals surface area contributed by atoms with Crippen molar-refractivity contribution in [2.45, 2.75) is 63.4 Å². The van der Waals surface area contributed by atoms with Crippen LogP contribution in [0.1, 0.15) is 39.0 Å². The van der Waals surface area contributed by atoms with Crippen molar-refractivity contribution in [2.75, 3.05) is 13.1 Å². The summed E-state index contributed by atoms with van der Waals surface area (Å²) in [7, 11) is 0. The molecule has 4 unspecified atom stereocenters. The van der Waals surface area contributed by atoms with Gasteiger partial charge in [0.25, 0.3) is 0 Å². The number of aldehydes is 1. The van der Waals surface area contributed by atoms with Crippen molar-refractivity contribution >= 4 is 17.8 Å². The minimum absolute atomic E-state index is 0.215. The van der Waals surface area contributed by atoms with E-state index in [-0.39, 0.29) is 12.1 Å². The second-order valence-corrected chi connectivity index (χ2v) is 8.29. The zero-order chi connectivity index (χ0) is 22.3. The molecule has 2 aliphatic carbocycles. The van der Waals surface area contributed by atoms with Gasteiger partial charge in [-0.3, -0.25) is 14.7 Å². The van der Waals surface area contributed by atoms with Crippen LogP contribution < -0.4 is 11.2 Å². The molecule has 2 aliphatic heterocycles. The lowest BCUT2D eigenvalue weighted by molar-refractivity contribution is -0.102. The van der Waals surface area contributed by atoms with Crippen molar-refractivity contribution in [3.8, 4) is 0 Å². The van der Waals surface area contributed by atoms with Gasteiger partial charge in [-0.15, -0.1) is 5.11 Å². The highest BCUT2D eigenvalue weighted by molar-refractivity contribution is 6.61. The Bertz CT molecular complexity index is 905. The zero-order valence-electron chi connectivity index (χ0n) is 18.4. The minimum atomic E-state index is -0.500. The van der Waals surface area contributed by atoms with E-state index in [1.54, 1.807) is 0 Å². The molecule has 9 nitrogen and oxygen atoms in total. The van der Waals surface area contributed by atoms with E-state index < -0.39 is 6.23 Å². The number of likely N-dealkylation sites (tertiary alicyclic amines) is 1. The number of ether oxygens (including phenoxy) is 1. The normalized spacial score (nSPS) is 30.7. The Morgan fingerprint density at radius 1 is 1.28 bits per heavy atom. The molecule has 4 atom stereocenters. The summed E-state index contributed by atoms with van der Waals surface area (Å²) in [4.78, 5) is 23.6. The molecule has 0 radical (unpaired) electrons. The molecule has 0 aromatic rings. The number of rotatable bonds is 7. The molecule has 3 N–H and O–H groups in total. The minimum Gasteiger partial charge on any atom is -0.346 e. The number of amidine groups is 1. The quantitative estimate of drug-likeness (QED) is 0.275. The van der Waals surface area contributed by atoms with Crippen LogP contribution in [0.5, 0.6) is 0 Å². The summed E-state index contributed by atoms with van der Waals surface area (Å²) in [5, 5.41) is 10.5. The Balaban J connectivity index is 1.46. The van der Waals surface area contributed by atoms with Crippen molar-refractivity contribution in [2.24, 2.45) is 26.2 Å². The summed E-state index contributed by atoms with van der Waals surface area (Å²) < 4.78 is 6.24. The maximum Gasteiger partial charge on any atom is 0.173 e. The third kappa shape index (κ3) is 5.28. The summed E-state index contributed by atoms with van der Waals surface area (Å²) in [6, 6.07) is 0.220. The molecule has 2 heterocycles. The Morgan fingerprint density at radius 3 is 2.81 bits per heavy atom. The van der Waals surface area contributed by atoms with Crippen molar-refractivity contribution in [1.29, 1.82) is 0 Å². The number of nitrogens with two attached hydrogens (primary N) is 1. The highest BCUT2D eigenvalue weighted by Gasteiger charge is 2.30. The number of hydrogen-bond acceptors (Lipinski definition) is 8. The highest BCUT2D eigenvalue weighted by atomic mass is 16.5. The first-order valence-electron chi connectivity index (χ1n) is 11.4. The molecule has 1 fully saturated rings. The van der Waals surface area contributed by atoms with Crippen LogP contribution in [0, 0.1) is 0 Å². The topological polar surface area (TPSA) is 117 Å². The van der Waals surface area contributed by atoms with Crippen molar-refractivity contribution in [3.63, 3.8) is 0 Å². The van der Waals surface area contributed by atoms with Crippen LogP contribution in [0.3, 0.4) is 0 Å². The van der Waals surface area contributed by atoms with Gasteiger partial charge in [0.05, 0.1) is 17.8 Å². The zero-order valence-corrected chi connectivity index (χ0v) is 18.4. The largest absolute Gasteiger partial charge is 0.346 e. The highest BCUT2D eigenvalue weighted by Crippen LogP contribution is 2.23. The van der Waals surface area contributed by atoms with E-state index in [2.05, 4.69) is 43.8 Å². The van der Waals surface area contributed by atoms with Crippen LogP contribution in [0.2, 0.25) is 0 Å². The molecule has 32 heavy (non-hydrogen) atoms. The summed E-state index contributed by atoms with van der Waals surface area (Å²) in [6.07, 6.45) is 17.1. The Hall–Kier alpha value is -2.91. The average molecular weight is 438 g/mol. The van der Waals surface area contributed by atoms with Crippen molar-refractivity contribution in [1.82, 2.24) is 10.2 Å².